The van der Waals surface area contributed by atoms with Crippen molar-refractivity contribution in [3.8, 4) is 0 Å². The van der Waals surface area contributed by atoms with Gasteiger partial charge in [-0.2, -0.15) is 0 Å². The summed E-state index contributed by atoms with van der Waals surface area (Å²) < 4.78 is 0.874. The summed E-state index contributed by atoms with van der Waals surface area (Å²) in [6, 6.07) is 0. The summed E-state index contributed by atoms with van der Waals surface area (Å²) in [5.41, 5.74) is 0. The van der Waals surface area contributed by atoms with Crippen LogP contribution < -0.4 is 0 Å². The number of nitrogens with one attached hydrogen (secondary N) is 1. The number of nitro groups is 1. The molecule has 0 rings (SSSR count). The minimum absolute atomic E-state index is 0.592. The molecule has 4 nitrogen and oxygen atoms in total. The first-order chi connectivity index (χ1) is 4.54. The summed E-state index contributed by atoms with van der Waals surface area (Å²) in [6.45, 7) is 1.78. The second-order valence-corrected chi connectivity index (χ2v) is 2.72. The van der Waals surface area contributed by atoms with Crippen molar-refractivity contribution >= 4 is 10.1 Å². The Kier molecular flexibility index (Phi) is 3.83. The van der Waals surface area contributed by atoms with E-state index in [1.165, 1.54) is 6.08 Å². The minimum atomic E-state index is -0.744. The summed E-state index contributed by atoms with van der Waals surface area (Å²) in [6.07, 6.45) is 2.65. The first kappa shape index (κ1) is 9.26. The van der Waals surface area contributed by atoms with Crippen molar-refractivity contribution in [3.63, 3.8) is 0 Å². The average molecular weight is 177 g/mol. The third-order valence-electron chi connectivity index (χ3n) is 0.679. The molecule has 0 atom stereocenters. The van der Waals surface area contributed by atoms with E-state index in [1.54, 1.807) is 6.92 Å². The molecule has 0 aromatic rings. The summed E-state index contributed by atoms with van der Waals surface area (Å²) >= 11 is 2.23. The van der Waals surface area contributed by atoms with Gasteiger partial charge in [-0.3, -0.25) is 0 Å². The Morgan fingerprint density at radius 3 is 2.50 bits per heavy atom. The summed E-state index contributed by atoms with van der Waals surface area (Å²) in [4.78, 5) is 9.08. The molecule has 0 aliphatic heterocycles. The van der Waals surface area contributed by atoms with Crippen LogP contribution in [0.2, 0.25) is 0 Å². The van der Waals surface area contributed by atoms with Crippen LogP contribution in [0.1, 0.15) is 6.92 Å². The standard InChI is InChI=1S/C5H6N2O2.V/c1-2-3-4-5(6)7(8)9;/h3-4,6H,1H3;. The predicted molar refractivity (Wildman–Crippen MR) is 34.5 cm³/mol. The van der Waals surface area contributed by atoms with Gasteiger partial charge in [0.1, 0.15) is 0 Å². The van der Waals surface area contributed by atoms with Crippen LogP contribution in [0.25, 0.3) is 0 Å². The van der Waals surface area contributed by atoms with E-state index in [0.717, 1.165) is 10.3 Å². The molecular formula is C5H6N2O2V. The number of allylic oxidation sites excluding steroid dienone is 1. The van der Waals surface area contributed by atoms with Crippen LogP contribution in [-0.4, -0.2) is 15.0 Å². The third-order valence-corrected chi connectivity index (χ3v) is 0.912. The van der Waals surface area contributed by atoms with Crippen LogP contribution in [0.4, 0.5) is 0 Å². The van der Waals surface area contributed by atoms with Gasteiger partial charge in [-0.05, 0) is 0 Å². The maximum atomic E-state index is 9.83. The van der Waals surface area contributed by atoms with E-state index in [9.17, 15) is 10.1 Å². The Bertz CT molecular complexity index is 210. The van der Waals surface area contributed by atoms with E-state index in [0.29, 0.717) is 0 Å². The van der Waals surface area contributed by atoms with Crippen LogP contribution >= 0.6 is 0 Å². The molecule has 0 fully saturated rings. The molecular weight excluding hydrogens is 171 g/mol. The Morgan fingerprint density at radius 1 is 1.70 bits per heavy atom. The summed E-state index contributed by atoms with van der Waals surface area (Å²) in [5.74, 6) is -0.592. The Morgan fingerprint density at radius 2 is 2.20 bits per heavy atom. The molecule has 5 heteroatoms. The van der Waals surface area contributed by atoms with Gasteiger partial charge in [0.25, 0.3) is 0 Å². The Balaban J connectivity index is 4.03. The molecule has 0 heterocycles. The molecule has 0 saturated heterocycles. The van der Waals surface area contributed by atoms with Gasteiger partial charge in [-0.15, -0.1) is 0 Å². The van der Waals surface area contributed by atoms with E-state index in [1.807, 2.05) is 0 Å². The van der Waals surface area contributed by atoms with Gasteiger partial charge in [0, 0.05) is 0 Å². The van der Waals surface area contributed by atoms with E-state index in [4.69, 9.17) is 5.41 Å². The topological polar surface area (TPSA) is 67.0 Å². The Hall–Kier alpha value is -0.736. The van der Waals surface area contributed by atoms with Crippen LogP contribution in [0.3, 0.4) is 0 Å². The van der Waals surface area contributed by atoms with Crippen molar-refractivity contribution in [2.45, 2.75) is 6.92 Å². The second kappa shape index (κ2) is 4.14. The predicted octanol–water partition coefficient (Wildman–Crippen LogP) is 0.536. The van der Waals surface area contributed by atoms with Gasteiger partial charge in [0.2, 0.25) is 0 Å². The van der Waals surface area contributed by atoms with Crippen molar-refractivity contribution in [2.75, 3.05) is 0 Å². The van der Waals surface area contributed by atoms with Gasteiger partial charge in [0.15, 0.2) is 0 Å². The van der Waals surface area contributed by atoms with Crippen molar-refractivity contribution in [3.05, 3.63) is 22.3 Å². The molecule has 0 spiro atoms. The quantitative estimate of drug-likeness (QED) is 0.289. The van der Waals surface area contributed by atoms with Crippen molar-refractivity contribution < 1.29 is 21.9 Å². The molecule has 0 unspecified atom stereocenters. The molecule has 0 amide bonds. The molecule has 0 aromatic carbocycles. The first-order valence-electron chi connectivity index (χ1n) is 2.47. The Labute approximate surface area is 67.1 Å². The van der Waals surface area contributed by atoms with E-state index in [-0.39, 0.29) is 0 Å². The number of hydrogen-bond donors (Lipinski definition) is 1. The van der Waals surface area contributed by atoms with Crippen LogP contribution in [0.15, 0.2) is 12.2 Å². The second-order valence-electron chi connectivity index (χ2n) is 1.62. The van der Waals surface area contributed by atoms with Crippen molar-refractivity contribution in [2.24, 2.45) is 0 Å². The van der Waals surface area contributed by atoms with E-state index < -0.39 is 10.8 Å². The van der Waals surface area contributed by atoms with E-state index >= 15 is 0 Å². The summed E-state index contributed by atoms with van der Waals surface area (Å²) in [5, 5.41) is 16.6. The van der Waals surface area contributed by atoms with Gasteiger partial charge in [-0.25, -0.2) is 0 Å². The molecule has 0 aliphatic rings. The molecule has 0 aliphatic carbocycles. The normalized spacial score (nSPS) is 9.60. The fourth-order valence-corrected chi connectivity index (χ4v) is 0.377. The average Bonchev–Trinajstić information content (AvgIpc) is 1.82. The van der Waals surface area contributed by atoms with Crippen LogP contribution in [-0.2, 0) is 17.0 Å². The van der Waals surface area contributed by atoms with Crippen LogP contribution in [0.5, 0.6) is 0 Å². The van der Waals surface area contributed by atoms with E-state index in [2.05, 4.69) is 17.0 Å². The zero-order valence-corrected chi connectivity index (χ0v) is 6.76. The van der Waals surface area contributed by atoms with Crippen molar-refractivity contribution in [1.29, 1.82) is 5.41 Å². The molecule has 53 valence electrons. The summed E-state index contributed by atoms with van der Waals surface area (Å²) in [7, 11) is 0. The third kappa shape index (κ3) is 4.17. The molecule has 0 aromatic heterocycles. The van der Waals surface area contributed by atoms with Gasteiger partial charge >= 0.3 is 66.6 Å². The number of nitrogens with zero attached hydrogens (tertiary/aromatic N) is 1. The molecule has 1 N–H and O–H groups in total. The molecule has 0 bridgehead atoms. The van der Waals surface area contributed by atoms with Crippen molar-refractivity contribution in [1.82, 2.24) is 0 Å². The molecule has 0 saturated carbocycles. The van der Waals surface area contributed by atoms with Gasteiger partial charge < -0.3 is 0 Å². The monoisotopic (exact) mass is 177 g/mol. The van der Waals surface area contributed by atoms with Gasteiger partial charge in [0.05, 0.1) is 0 Å². The van der Waals surface area contributed by atoms with Crippen LogP contribution in [0, 0.1) is 15.5 Å². The number of rotatable bonds is 2. The number of amidine groups is 1. The van der Waals surface area contributed by atoms with Gasteiger partial charge in [-0.1, -0.05) is 0 Å². The first-order valence-corrected chi connectivity index (χ1v) is 3.17. The number of hydrogen-bond acceptors (Lipinski definition) is 3. The fourth-order valence-electron chi connectivity index (χ4n) is 0.260. The fraction of sp³-hybridized carbons (Fsp3) is 0.200. The zero-order chi connectivity index (χ0) is 8.15. The zero-order valence-electron chi connectivity index (χ0n) is 5.37. The maximum absolute atomic E-state index is 9.83. The SMILES string of the molecule is C[C](=[V])C=CC(=N)[N+](=O)[O-]. The molecule has 10 heavy (non-hydrogen) atoms. The molecule has 0 radical (unpaired) electrons.